The number of aryl methyl sites for hydroxylation is 1. The van der Waals surface area contributed by atoms with Crippen LogP contribution in [0.3, 0.4) is 0 Å². The van der Waals surface area contributed by atoms with E-state index in [4.69, 9.17) is 5.73 Å². The largest absolute Gasteiger partial charge is 0.399 e. The van der Waals surface area contributed by atoms with Gasteiger partial charge in [-0.25, -0.2) is 8.42 Å². The average Bonchev–Trinajstić information content (AvgIpc) is 3.11. The normalized spacial score (nSPS) is 15.6. The minimum atomic E-state index is -3.30. The van der Waals surface area contributed by atoms with Gasteiger partial charge in [0.05, 0.1) is 17.6 Å². The molecular formula is C13H15N3O2S. The number of rotatable bonds is 3. The van der Waals surface area contributed by atoms with Crippen LogP contribution in [0, 0.1) is 6.92 Å². The Balaban J connectivity index is 2.04. The third-order valence-corrected chi connectivity index (χ3v) is 5.37. The number of nitrogens with two attached hydrogens (primary N) is 1. The maximum absolute atomic E-state index is 12.1. The first-order valence-electron chi connectivity index (χ1n) is 6.14. The van der Waals surface area contributed by atoms with Gasteiger partial charge in [-0.15, -0.1) is 0 Å². The highest BCUT2D eigenvalue weighted by atomic mass is 32.2. The molecule has 19 heavy (non-hydrogen) atoms. The molecule has 0 unspecified atom stereocenters. The standard InChI is InChI=1S/C13H15N3O2S/c1-9-2-3-11(14)6-13(9)10-7-15-16(8-10)19(17,18)12-4-5-12/h2-3,6-8,12H,4-5,14H2,1H3. The Bertz CT molecular complexity index is 730. The van der Waals surface area contributed by atoms with Crippen molar-refractivity contribution in [3.05, 3.63) is 36.2 Å². The Morgan fingerprint density at radius 3 is 2.79 bits per heavy atom. The smallest absolute Gasteiger partial charge is 0.256 e. The Kier molecular flexibility index (Phi) is 2.63. The van der Waals surface area contributed by atoms with Gasteiger partial charge in [0.1, 0.15) is 0 Å². The van der Waals surface area contributed by atoms with Crippen LogP contribution in [-0.2, 0) is 10.0 Å². The summed E-state index contributed by atoms with van der Waals surface area (Å²) in [5.74, 6) is 0. The number of aromatic nitrogens is 2. The molecule has 1 aliphatic carbocycles. The summed E-state index contributed by atoms with van der Waals surface area (Å²) in [7, 11) is -3.30. The van der Waals surface area contributed by atoms with Gasteiger partial charge in [0.2, 0.25) is 0 Å². The summed E-state index contributed by atoms with van der Waals surface area (Å²) < 4.78 is 25.2. The molecule has 0 atom stereocenters. The Morgan fingerprint density at radius 2 is 2.11 bits per heavy atom. The minimum Gasteiger partial charge on any atom is -0.399 e. The van der Waals surface area contributed by atoms with Crippen molar-refractivity contribution in [2.75, 3.05) is 5.73 Å². The number of nitrogen functional groups attached to an aromatic ring is 1. The van der Waals surface area contributed by atoms with E-state index in [2.05, 4.69) is 5.10 Å². The third kappa shape index (κ3) is 2.12. The number of hydrogen-bond donors (Lipinski definition) is 1. The summed E-state index contributed by atoms with van der Waals surface area (Å²) in [6.07, 6.45) is 4.60. The maximum atomic E-state index is 12.1. The number of benzene rings is 1. The van der Waals surface area contributed by atoms with Crippen molar-refractivity contribution < 1.29 is 8.42 Å². The zero-order chi connectivity index (χ0) is 13.6. The quantitative estimate of drug-likeness (QED) is 0.867. The van der Waals surface area contributed by atoms with E-state index in [1.165, 1.54) is 0 Å². The van der Waals surface area contributed by atoms with Crippen molar-refractivity contribution in [3.63, 3.8) is 0 Å². The lowest BCUT2D eigenvalue weighted by Crippen LogP contribution is -2.17. The van der Waals surface area contributed by atoms with Gasteiger partial charge in [0.15, 0.2) is 0 Å². The van der Waals surface area contributed by atoms with Crippen molar-refractivity contribution in [2.24, 2.45) is 0 Å². The molecule has 1 aliphatic rings. The van der Waals surface area contributed by atoms with Crippen molar-refractivity contribution in [3.8, 4) is 11.1 Å². The molecule has 5 nitrogen and oxygen atoms in total. The van der Waals surface area contributed by atoms with E-state index in [9.17, 15) is 8.42 Å². The van der Waals surface area contributed by atoms with Crippen LogP contribution in [-0.4, -0.2) is 22.9 Å². The first kappa shape index (κ1) is 12.2. The first-order chi connectivity index (χ1) is 8.98. The Labute approximate surface area is 112 Å². The van der Waals surface area contributed by atoms with E-state index in [0.717, 1.165) is 33.6 Å². The van der Waals surface area contributed by atoms with Gasteiger partial charge in [-0.1, -0.05) is 6.07 Å². The second-order valence-corrected chi connectivity index (χ2v) is 6.99. The van der Waals surface area contributed by atoms with Crippen LogP contribution in [0.15, 0.2) is 30.6 Å². The predicted molar refractivity (Wildman–Crippen MR) is 74.2 cm³/mol. The van der Waals surface area contributed by atoms with Crippen molar-refractivity contribution in [2.45, 2.75) is 25.0 Å². The van der Waals surface area contributed by atoms with Gasteiger partial charge in [-0.05, 0) is 43.0 Å². The Hall–Kier alpha value is -1.82. The molecule has 0 saturated heterocycles. The van der Waals surface area contributed by atoms with Gasteiger partial charge < -0.3 is 5.73 Å². The molecular weight excluding hydrogens is 262 g/mol. The summed E-state index contributed by atoms with van der Waals surface area (Å²) in [6.45, 7) is 1.96. The lowest BCUT2D eigenvalue weighted by molar-refractivity contribution is 0.578. The predicted octanol–water partition coefficient (Wildman–Crippen LogP) is 1.78. The fraction of sp³-hybridized carbons (Fsp3) is 0.308. The summed E-state index contributed by atoms with van der Waals surface area (Å²) in [5.41, 5.74) is 9.15. The van der Waals surface area contributed by atoms with Crippen LogP contribution < -0.4 is 5.73 Å². The van der Waals surface area contributed by atoms with E-state index in [-0.39, 0.29) is 5.25 Å². The fourth-order valence-electron chi connectivity index (χ4n) is 2.05. The van der Waals surface area contributed by atoms with Crippen LogP contribution in [0.25, 0.3) is 11.1 Å². The molecule has 6 heteroatoms. The second kappa shape index (κ2) is 4.09. The summed E-state index contributed by atoms with van der Waals surface area (Å²) in [6, 6.07) is 5.57. The average molecular weight is 277 g/mol. The summed E-state index contributed by atoms with van der Waals surface area (Å²) in [4.78, 5) is 0. The van der Waals surface area contributed by atoms with Crippen LogP contribution in [0.4, 0.5) is 5.69 Å². The lowest BCUT2D eigenvalue weighted by atomic mass is 10.0. The summed E-state index contributed by atoms with van der Waals surface area (Å²) in [5, 5.41) is 3.72. The van der Waals surface area contributed by atoms with Gasteiger partial charge in [0, 0.05) is 11.3 Å². The molecule has 1 fully saturated rings. The van der Waals surface area contributed by atoms with Gasteiger partial charge in [0.25, 0.3) is 10.0 Å². The lowest BCUT2D eigenvalue weighted by Gasteiger charge is -2.04. The van der Waals surface area contributed by atoms with Crippen molar-refractivity contribution >= 4 is 15.7 Å². The second-order valence-electron chi connectivity index (χ2n) is 4.92. The highest BCUT2D eigenvalue weighted by Gasteiger charge is 2.37. The molecule has 2 N–H and O–H groups in total. The summed E-state index contributed by atoms with van der Waals surface area (Å²) >= 11 is 0. The van der Waals surface area contributed by atoms with Crippen LogP contribution in [0.1, 0.15) is 18.4 Å². The zero-order valence-corrected chi connectivity index (χ0v) is 11.4. The van der Waals surface area contributed by atoms with Crippen molar-refractivity contribution in [1.29, 1.82) is 0 Å². The molecule has 100 valence electrons. The molecule has 0 amide bonds. The molecule has 1 saturated carbocycles. The number of nitrogens with zero attached hydrogens (tertiary/aromatic N) is 2. The first-order valence-corrected chi connectivity index (χ1v) is 7.64. The number of hydrogen-bond acceptors (Lipinski definition) is 4. The van der Waals surface area contributed by atoms with Gasteiger partial charge in [-0.3, -0.25) is 0 Å². The molecule has 0 bridgehead atoms. The molecule has 0 radical (unpaired) electrons. The van der Waals surface area contributed by atoms with E-state index in [1.807, 2.05) is 25.1 Å². The van der Waals surface area contributed by atoms with E-state index >= 15 is 0 Å². The van der Waals surface area contributed by atoms with E-state index in [0.29, 0.717) is 5.69 Å². The van der Waals surface area contributed by atoms with Crippen LogP contribution in [0.5, 0.6) is 0 Å². The molecule has 1 aromatic carbocycles. The fourth-order valence-corrected chi connectivity index (χ4v) is 3.53. The Morgan fingerprint density at radius 1 is 1.37 bits per heavy atom. The van der Waals surface area contributed by atoms with E-state index in [1.54, 1.807) is 12.4 Å². The molecule has 3 rings (SSSR count). The molecule has 1 aromatic heterocycles. The monoisotopic (exact) mass is 277 g/mol. The van der Waals surface area contributed by atoms with Crippen LogP contribution >= 0.6 is 0 Å². The van der Waals surface area contributed by atoms with Crippen LogP contribution in [0.2, 0.25) is 0 Å². The van der Waals surface area contributed by atoms with Gasteiger partial charge in [-0.2, -0.15) is 9.19 Å². The molecule has 0 aliphatic heterocycles. The third-order valence-electron chi connectivity index (χ3n) is 3.34. The van der Waals surface area contributed by atoms with Crippen molar-refractivity contribution in [1.82, 2.24) is 9.19 Å². The molecule has 1 heterocycles. The topological polar surface area (TPSA) is 78.0 Å². The minimum absolute atomic E-state index is 0.262. The highest BCUT2D eigenvalue weighted by Crippen LogP contribution is 2.31. The van der Waals surface area contributed by atoms with E-state index < -0.39 is 10.0 Å². The van der Waals surface area contributed by atoms with Gasteiger partial charge >= 0.3 is 0 Å². The highest BCUT2D eigenvalue weighted by molar-refractivity contribution is 7.90. The zero-order valence-electron chi connectivity index (χ0n) is 10.6. The SMILES string of the molecule is Cc1ccc(N)cc1-c1cnn(S(=O)(=O)C2CC2)c1. The number of anilines is 1. The maximum Gasteiger partial charge on any atom is 0.256 e. The molecule has 0 spiro atoms. The molecule has 2 aromatic rings.